The van der Waals surface area contributed by atoms with Crippen molar-refractivity contribution in [2.75, 3.05) is 13.6 Å². The Morgan fingerprint density at radius 3 is 2.47 bits per heavy atom. The lowest BCUT2D eigenvalue weighted by molar-refractivity contribution is 0.0913. The van der Waals surface area contributed by atoms with Crippen molar-refractivity contribution in [2.45, 2.75) is 71.0 Å². The molecule has 15 heavy (non-hydrogen) atoms. The van der Waals surface area contributed by atoms with Crippen molar-refractivity contribution in [2.24, 2.45) is 0 Å². The van der Waals surface area contributed by atoms with Crippen LogP contribution in [0.5, 0.6) is 0 Å². The summed E-state index contributed by atoms with van der Waals surface area (Å²) in [6.07, 6.45) is 6.81. The Labute approximate surface area is 95.4 Å². The minimum Gasteiger partial charge on any atom is -0.315 e. The molecule has 1 saturated carbocycles. The van der Waals surface area contributed by atoms with Gasteiger partial charge in [0.15, 0.2) is 0 Å². The first-order chi connectivity index (χ1) is 7.24. The number of rotatable bonds is 5. The van der Waals surface area contributed by atoms with Crippen molar-refractivity contribution in [3.05, 3.63) is 0 Å². The summed E-state index contributed by atoms with van der Waals surface area (Å²) < 4.78 is 0. The van der Waals surface area contributed by atoms with Gasteiger partial charge in [0.25, 0.3) is 0 Å². The van der Waals surface area contributed by atoms with Crippen molar-refractivity contribution in [1.82, 2.24) is 10.2 Å². The largest absolute Gasteiger partial charge is 0.315 e. The van der Waals surface area contributed by atoms with E-state index in [9.17, 15) is 0 Å². The normalized spacial score (nSPS) is 29.4. The summed E-state index contributed by atoms with van der Waals surface area (Å²) in [6.45, 7) is 8.15. The van der Waals surface area contributed by atoms with Crippen LogP contribution >= 0.6 is 0 Å². The van der Waals surface area contributed by atoms with E-state index in [0.717, 1.165) is 12.1 Å². The van der Waals surface area contributed by atoms with Crippen molar-refractivity contribution < 1.29 is 0 Å². The lowest BCUT2D eigenvalue weighted by Gasteiger charge is -2.42. The molecule has 0 saturated heterocycles. The molecule has 1 rings (SSSR count). The van der Waals surface area contributed by atoms with E-state index in [0.29, 0.717) is 6.04 Å². The zero-order valence-electron chi connectivity index (χ0n) is 10.9. The molecule has 90 valence electrons. The Balaban J connectivity index is 2.63. The van der Waals surface area contributed by atoms with Crippen LogP contribution in [0, 0.1) is 0 Å². The van der Waals surface area contributed by atoms with Crippen molar-refractivity contribution in [3.8, 4) is 0 Å². The SMILES string of the molecule is CCC(C)N(CC)C1CCCCC1NC. The number of nitrogens with zero attached hydrogens (tertiary/aromatic N) is 1. The van der Waals surface area contributed by atoms with E-state index < -0.39 is 0 Å². The lowest BCUT2D eigenvalue weighted by Crippen LogP contribution is -2.53. The van der Waals surface area contributed by atoms with Gasteiger partial charge in [-0.1, -0.05) is 26.7 Å². The summed E-state index contributed by atoms with van der Waals surface area (Å²) in [4.78, 5) is 2.69. The fourth-order valence-electron chi connectivity index (χ4n) is 2.95. The summed E-state index contributed by atoms with van der Waals surface area (Å²) in [5, 5.41) is 3.51. The fraction of sp³-hybridized carbons (Fsp3) is 1.00. The summed E-state index contributed by atoms with van der Waals surface area (Å²) in [5.74, 6) is 0. The first kappa shape index (κ1) is 13.0. The zero-order valence-corrected chi connectivity index (χ0v) is 10.9. The highest BCUT2D eigenvalue weighted by atomic mass is 15.2. The molecular weight excluding hydrogens is 184 g/mol. The van der Waals surface area contributed by atoms with Gasteiger partial charge >= 0.3 is 0 Å². The van der Waals surface area contributed by atoms with E-state index in [4.69, 9.17) is 0 Å². The van der Waals surface area contributed by atoms with E-state index in [1.54, 1.807) is 0 Å². The molecule has 1 N–H and O–H groups in total. The van der Waals surface area contributed by atoms with Gasteiger partial charge in [-0.3, -0.25) is 4.90 Å². The summed E-state index contributed by atoms with van der Waals surface area (Å²) in [7, 11) is 2.12. The second-order valence-corrected chi connectivity index (χ2v) is 4.83. The smallest absolute Gasteiger partial charge is 0.0251 e. The maximum Gasteiger partial charge on any atom is 0.0251 e. The first-order valence-electron chi connectivity index (χ1n) is 6.67. The second-order valence-electron chi connectivity index (χ2n) is 4.83. The summed E-state index contributed by atoms with van der Waals surface area (Å²) in [5.41, 5.74) is 0. The minimum absolute atomic E-state index is 0.715. The van der Waals surface area contributed by atoms with Gasteiger partial charge in [-0.15, -0.1) is 0 Å². The van der Waals surface area contributed by atoms with E-state index >= 15 is 0 Å². The van der Waals surface area contributed by atoms with Gasteiger partial charge in [-0.25, -0.2) is 0 Å². The molecule has 0 amide bonds. The van der Waals surface area contributed by atoms with E-state index in [1.807, 2.05) is 0 Å². The molecule has 0 spiro atoms. The van der Waals surface area contributed by atoms with Gasteiger partial charge < -0.3 is 5.32 Å². The molecule has 1 fully saturated rings. The van der Waals surface area contributed by atoms with E-state index in [2.05, 4.69) is 38.0 Å². The van der Waals surface area contributed by atoms with Crippen LogP contribution in [0.1, 0.15) is 52.9 Å². The highest BCUT2D eigenvalue weighted by Gasteiger charge is 2.30. The topological polar surface area (TPSA) is 15.3 Å². The summed E-state index contributed by atoms with van der Waals surface area (Å²) in [6, 6.07) is 2.21. The van der Waals surface area contributed by atoms with Gasteiger partial charge in [0.2, 0.25) is 0 Å². The Morgan fingerprint density at radius 2 is 1.93 bits per heavy atom. The van der Waals surface area contributed by atoms with E-state index in [-0.39, 0.29) is 0 Å². The molecule has 0 heterocycles. The third kappa shape index (κ3) is 3.18. The van der Waals surface area contributed by atoms with Crippen LogP contribution in [0.25, 0.3) is 0 Å². The van der Waals surface area contributed by atoms with Crippen LogP contribution in [0.3, 0.4) is 0 Å². The van der Waals surface area contributed by atoms with Gasteiger partial charge in [0, 0.05) is 18.1 Å². The average Bonchev–Trinajstić information content (AvgIpc) is 2.30. The highest BCUT2D eigenvalue weighted by molar-refractivity contribution is 4.88. The molecule has 0 radical (unpaired) electrons. The third-order valence-electron chi connectivity index (χ3n) is 4.05. The van der Waals surface area contributed by atoms with Gasteiger partial charge in [0.05, 0.1) is 0 Å². The number of hydrogen-bond donors (Lipinski definition) is 1. The monoisotopic (exact) mass is 212 g/mol. The van der Waals surface area contributed by atoms with Gasteiger partial charge in [-0.2, -0.15) is 0 Å². The predicted octanol–water partition coefficient (Wildman–Crippen LogP) is 2.64. The van der Waals surface area contributed by atoms with Crippen LogP contribution in [0.4, 0.5) is 0 Å². The van der Waals surface area contributed by atoms with Gasteiger partial charge in [0.1, 0.15) is 0 Å². The Morgan fingerprint density at radius 1 is 1.27 bits per heavy atom. The molecule has 0 aliphatic heterocycles. The molecule has 0 bridgehead atoms. The van der Waals surface area contributed by atoms with Gasteiger partial charge in [-0.05, 0) is 39.8 Å². The Kier molecular flexibility index (Phi) is 5.62. The molecule has 0 aromatic rings. The van der Waals surface area contributed by atoms with Crippen LogP contribution in [-0.4, -0.2) is 36.6 Å². The van der Waals surface area contributed by atoms with E-state index in [1.165, 1.54) is 38.6 Å². The average molecular weight is 212 g/mol. The third-order valence-corrected chi connectivity index (χ3v) is 4.05. The maximum absolute atomic E-state index is 3.51. The second kappa shape index (κ2) is 6.49. The molecule has 1 aliphatic rings. The van der Waals surface area contributed by atoms with Crippen molar-refractivity contribution >= 4 is 0 Å². The minimum atomic E-state index is 0.715. The molecule has 3 unspecified atom stereocenters. The fourth-order valence-corrected chi connectivity index (χ4v) is 2.95. The number of hydrogen-bond acceptors (Lipinski definition) is 2. The highest BCUT2D eigenvalue weighted by Crippen LogP contribution is 2.25. The Bertz CT molecular complexity index is 170. The Hall–Kier alpha value is -0.0800. The molecule has 1 aliphatic carbocycles. The predicted molar refractivity (Wildman–Crippen MR) is 67.2 cm³/mol. The van der Waals surface area contributed by atoms with Crippen LogP contribution < -0.4 is 5.32 Å². The van der Waals surface area contributed by atoms with Crippen molar-refractivity contribution in [1.29, 1.82) is 0 Å². The summed E-state index contributed by atoms with van der Waals surface area (Å²) >= 11 is 0. The molecule has 2 nitrogen and oxygen atoms in total. The molecule has 2 heteroatoms. The molecular formula is C13H28N2. The number of likely N-dealkylation sites (N-methyl/N-ethyl adjacent to an activating group) is 2. The van der Waals surface area contributed by atoms with Crippen molar-refractivity contribution in [3.63, 3.8) is 0 Å². The molecule has 3 atom stereocenters. The maximum atomic E-state index is 3.51. The van der Waals surface area contributed by atoms with Crippen LogP contribution in [-0.2, 0) is 0 Å². The van der Waals surface area contributed by atoms with Crippen LogP contribution in [0.2, 0.25) is 0 Å². The number of nitrogens with one attached hydrogen (secondary N) is 1. The molecule has 0 aromatic carbocycles. The first-order valence-corrected chi connectivity index (χ1v) is 6.67. The quantitative estimate of drug-likeness (QED) is 0.753. The molecule has 0 aromatic heterocycles. The van der Waals surface area contributed by atoms with Crippen LogP contribution in [0.15, 0.2) is 0 Å². The lowest BCUT2D eigenvalue weighted by atomic mass is 9.88. The zero-order chi connectivity index (χ0) is 11.3. The standard InChI is InChI=1S/C13H28N2/c1-5-11(3)15(6-2)13-10-8-7-9-12(13)14-4/h11-14H,5-10H2,1-4H3.